The van der Waals surface area contributed by atoms with Crippen LogP contribution in [0.1, 0.15) is 11.6 Å². The summed E-state index contributed by atoms with van der Waals surface area (Å²) in [6.45, 7) is 2.32. The minimum absolute atomic E-state index is 0.0487. The van der Waals surface area contributed by atoms with Gasteiger partial charge in [-0.1, -0.05) is 6.07 Å². The van der Waals surface area contributed by atoms with E-state index in [1.165, 1.54) is 0 Å². The van der Waals surface area contributed by atoms with Crippen LogP contribution in [0, 0.1) is 5.82 Å². The highest BCUT2D eigenvalue weighted by atomic mass is 79.9. The largest absolute Gasteiger partial charge is 0.329 e. The van der Waals surface area contributed by atoms with E-state index in [-0.39, 0.29) is 11.9 Å². The predicted molar refractivity (Wildman–Crippen MR) is 77.1 cm³/mol. The first-order valence-corrected chi connectivity index (χ1v) is 6.75. The van der Waals surface area contributed by atoms with Crippen molar-refractivity contribution in [2.24, 2.45) is 5.73 Å². The highest BCUT2D eigenvalue weighted by Crippen LogP contribution is 2.23. The highest BCUT2D eigenvalue weighted by molar-refractivity contribution is 9.10. The molecular formula is C13H21BrFN3. The van der Waals surface area contributed by atoms with Crippen LogP contribution in [0.2, 0.25) is 0 Å². The van der Waals surface area contributed by atoms with E-state index in [1.807, 2.05) is 27.2 Å². The first kappa shape index (κ1) is 15.6. The number of nitrogens with zero attached hydrogens (tertiary/aromatic N) is 2. The Morgan fingerprint density at radius 2 is 1.94 bits per heavy atom. The van der Waals surface area contributed by atoms with E-state index in [4.69, 9.17) is 5.73 Å². The van der Waals surface area contributed by atoms with Crippen LogP contribution < -0.4 is 5.73 Å². The summed E-state index contributed by atoms with van der Waals surface area (Å²) in [4.78, 5) is 4.27. The van der Waals surface area contributed by atoms with Crippen LogP contribution in [0.5, 0.6) is 0 Å². The van der Waals surface area contributed by atoms with E-state index in [0.29, 0.717) is 11.0 Å². The van der Waals surface area contributed by atoms with Gasteiger partial charge in [0.05, 0.1) is 4.47 Å². The molecule has 0 radical (unpaired) electrons. The summed E-state index contributed by atoms with van der Waals surface area (Å²) in [5.74, 6) is -0.244. The average Bonchev–Trinajstić information content (AvgIpc) is 2.32. The van der Waals surface area contributed by atoms with Gasteiger partial charge in [0, 0.05) is 25.7 Å². The smallest absolute Gasteiger partial charge is 0.137 e. The molecular weight excluding hydrogens is 297 g/mol. The molecule has 0 aromatic heterocycles. The number of halogens is 2. The molecule has 1 unspecified atom stereocenters. The van der Waals surface area contributed by atoms with E-state index in [2.05, 4.69) is 25.7 Å². The van der Waals surface area contributed by atoms with Crippen LogP contribution in [-0.2, 0) is 0 Å². The highest BCUT2D eigenvalue weighted by Gasteiger charge is 2.16. The van der Waals surface area contributed by atoms with Crippen molar-refractivity contribution in [3.8, 4) is 0 Å². The maximum Gasteiger partial charge on any atom is 0.137 e. The van der Waals surface area contributed by atoms with Crippen molar-refractivity contribution < 1.29 is 4.39 Å². The fraction of sp³-hybridized carbons (Fsp3) is 0.538. The van der Waals surface area contributed by atoms with Crippen LogP contribution >= 0.6 is 15.9 Å². The van der Waals surface area contributed by atoms with Gasteiger partial charge in [0.25, 0.3) is 0 Å². The molecule has 0 fully saturated rings. The fourth-order valence-electron chi connectivity index (χ4n) is 1.80. The summed E-state index contributed by atoms with van der Waals surface area (Å²) >= 11 is 3.16. The van der Waals surface area contributed by atoms with Crippen molar-refractivity contribution in [3.05, 3.63) is 34.1 Å². The first-order valence-electron chi connectivity index (χ1n) is 5.95. The first-order chi connectivity index (χ1) is 8.45. The van der Waals surface area contributed by atoms with E-state index in [0.717, 1.165) is 18.7 Å². The van der Waals surface area contributed by atoms with Gasteiger partial charge < -0.3 is 10.6 Å². The lowest BCUT2D eigenvalue weighted by Crippen LogP contribution is -2.35. The van der Waals surface area contributed by atoms with Gasteiger partial charge >= 0.3 is 0 Å². The molecule has 2 N–H and O–H groups in total. The number of likely N-dealkylation sites (N-methyl/N-ethyl adjacent to an activating group) is 2. The zero-order valence-electron chi connectivity index (χ0n) is 11.2. The maximum absolute atomic E-state index is 13.5. The van der Waals surface area contributed by atoms with Crippen molar-refractivity contribution in [1.82, 2.24) is 9.80 Å². The van der Waals surface area contributed by atoms with Crippen molar-refractivity contribution in [2.45, 2.75) is 6.04 Å². The SMILES string of the molecule is CN(C)CCN(C)C(CN)c1ccc(Br)c(F)c1. The van der Waals surface area contributed by atoms with Crippen molar-refractivity contribution in [1.29, 1.82) is 0 Å². The van der Waals surface area contributed by atoms with Gasteiger partial charge in [0.15, 0.2) is 0 Å². The number of nitrogens with two attached hydrogens (primary N) is 1. The van der Waals surface area contributed by atoms with Crippen LogP contribution in [0.3, 0.4) is 0 Å². The molecule has 1 aromatic carbocycles. The zero-order chi connectivity index (χ0) is 13.7. The van der Waals surface area contributed by atoms with E-state index in [9.17, 15) is 4.39 Å². The van der Waals surface area contributed by atoms with Crippen LogP contribution in [0.15, 0.2) is 22.7 Å². The minimum atomic E-state index is -0.244. The number of hydrogen-bond acceptors (Lipinski definition) is 3. The molecule has 5 heteroatoms. The molecule has 1 rings (SSSR count). The Morgan fingerprint density at radius 3 is 2.44 bits per heavy atom. The molecule has 0 spiro atoms. The summed E-state index contributed by atoms with van der Waals surface area (Å²) in [5, 5.41) is 0. The quantitative estimate of drug-likeness (QED) is 0.872. The second kappa shape index (κ2) is 7.19. The second-order valence-electron chi connectivity index (χ2n) is 4.71. The predicted octanol–water partition coefficient (Wildman–Crippen LogP) is 2.08. The molecule has 0 saturated heterocycles. The Morgan fingerprint density at radius 1 is 1.28 bits per heavy atom. The second-order valence-corrected chi connectivity index (χ2v) is 5.56. The summed E-state index contributed by atoms with van der Waals surface area (Å²) in [6.07, 6.45) is 0. The van der Waals surface area contributed by atoms with E-state index in [1.54, 1.807) is 12.1 Å². The van der Waals surface area contributed by atoms with Crippen LogP contribution in [-0.4, -0.2) is 50.6 Å². The normalized spacial score (nSPS) is 13.3. The Balaban J connectivity index is 2.78. The molecule has 0 aliphatic carbocycles. The van der Waals surface area contributed by atoms with Crippen molar-refractivity contribution in [2.75, 3.05) is 40.8 Å². The topological polar surface area (TPSA) is 32.5 Å². The van der Waals surface area contributed by atoms with E-state index >= 15 is 0 Å². The molecule has 0 aliphatic heterocycles. The van der Waals surface area contributed by atoms with Gasteiger partial charge in [-0.25, -0.2) is 4.39 Å². The Labute approximate surface area is 117 Å². The van der Waals surface area contributed by atoms with Crippen molar-refractivity contribution >= 4 is 15.9 Å². The zero-order valence-corrected chi connectivity index (χ0v) is 12.7. The molecule has 0 amide bonds. The molecule has 0 saturated carbocycles. The van der Waals surface area contributed by atoms with Gasteiger partial charge in [0.2, 0.25) is 0 Å². The summed E-state index contributed by atoms with van der Waals surface area (Å²) in [6, 6.07) is 5.24. The molecule has 1 aromatic rings. The van der Waals surface area contributed by atoms with E-state index < -0.39 is 0 Å². The molecule has 3 nitrogen and oxygen atoms in total. The molecule has 0 heterocycles. The third kappa shape index (κ3) is 4.31. The molecule has 102 valence electrons. The van der Waals surface area contributed by atoms with Gasteiger partial charge in [-0.3, -0.25) is 4.90 Å². The summed E-state index contributed by atoms with van der Waals surface area (Å²) < 4.78 is 14.0. The van der Waals surface area contributed by atoms with Crippen LogP contribution in [0.25, 0.3) is 0 Å². The fourth-order valence-corrected chi connectivity index (χ4v) is 2.05. The van der Waals surface area contributed by atoms with Gasteiger partial charge in [-0.15, -0.1) is 0 Å². The number of hydrogen-bond donors (Lipinski definition) is 1. The lowest BCUT2D eigenvalue weighted by atomic mass is 10.1. The number of benzene rings is 1. The summed E-state index contributed by atoms with van der Waals surface area (Å²) in [5.41, 5.74) is 6.73. The minimum Gasteiger partial charge on any atom is -0.329 e. The van der Waals surface area contributed by atoms with Crippen molar-refractivity contribution in [3.63, 3.8) is 0 Å². The Hall–Kier alpha value is -0.490. The maximum atomic E-state index is 13.5. The Kier molecular flexibility index (Phi) is 6.21. The third-order valence-electron chi connectivity index (χ3n) is 2.98. The van der Waals surface area contributed by atoms with Crippen LogP contribution in [0.4, 0.5) is 4.39 Å². The summed E-state index contributed by atoms with van der Waals surface area (Å²) in [7, 11) is 6.08. The monoisotopic (exact) mass is 317 g/mol. The number of rotatable bonds is 6. The molecule has 1 atom stereocenters. The standard InChI is InChI=1S/C13H21BrFN3/c1-17(2)6-7-18(3)13(9-16)10-4-5-11(14)12(15)8-10/h4-5,8,13H,6-7,9,16H2,1-3H3. The lowest BCUT2D eigenvalue weighted by molar-refractivity contribution is 0.222. The van der Waals surface area contributed by atoms with Gasteiger partial charge in [-0.05, 0) is 54.8 Å². The third-order valence-corrected chi connectivity index (χ3v) is 3.63. The molecule has 0 bridgehead atoms. The van der Waals surface area contributed by atoms with Gasteiger partial charge in [-0.2, -0.15) is 0 Å². The lowest BCUT2D eigenvalue weighted by Gasteiger charge is -2.28. The molecule has 0 aliphatic rings. The Bertz CT molecular complexity index is 384. The average molecular weight is 318 g/mol. The van der Waals surface area contributed by atoms with Gasteiger partial charge in [0.1, 0.15) is 5.82 Å². The molecule has 18 heavy (non-hydrogen) atoms.